The first-order valence-corrected chi connectivity index (χ1v) is 5.69. The van der Waals surface area contributed by atoms with Gasteiger partial charge in [-0.15, -0.1) is 0 Å². The molecule has 96 valence electrons. The molecule has 0 saturated heterocycles. The predicted molar refractivity (Wildman–Crippen MR) is 68.0 cm³/mol. The van der Waals surface area contributed by atoms with Gasteiger partial charge in [-0.25, -0.2) is 9.37 Å². The van der Waals surface area contributed by atoms with Gasteiger partial charge in [-0.3, -0.25) is 0 Å². The van der Waals surface area contributed by atoms with Gasteiger partial charge in [0.05, 0.1) is 5.56 Å². The van der Waals surface area contributed by atoms with Crippen LogP contribution in [0.3, 0.4) is 0 Å². The van der Waals surface area contributed by atoms with Crippen LogP contribution >= 0.6 is 0 Å². The molecule has 2 rings (SSSR count). The van der Waals surface area contributed by atoms with Crippen molar-refractivity contribution in [2.45, 2.75) is 13.0 Å². The van der Waals surface area contributed by atoms with Gasteiger partial charge in [-0.1, -0.05) is 6.07 Å². The van der Waals surface area contributed by atoms with Crippen LogP contribution in [0.1, 0.15) is 24.1 Å². The van der Waals surface area contributed by atoms with Crippen LogP contribution in [-0.4, -0.2) is 4.98 Å². The Bertz CT molecular complexity index is 618. The van der Waals surface area contributed by atoms with E-state index in [4.69, 9.17) is 15.7 Å². The maximum Gasteiger partial charge on any atom is 0.219 e. The average molecular weight is 257 g/mol. The van der Waals surface area contributed by atoms with E-state index in [9.17, 15) is 4.39 Å². The summed E-state index contributed by atoms with van der Waals surface area (Å²) < 4.78 is 18.8. The summed E-state index contributed by atoms with van der Waals surface area (Å²) in [4.78, 5) is 4.08. The quantitative estimate of drug-likeness (QED) is 0.917. The van der Waals surface area contributed by atoms with Crippen LogP contribution in [0.2, 0.25) is 0 Å². The summed E-state index contributed by atoms with van der Waals surface area (Å²) in [6.07, 6.45) is 1.61. The minimum absolute atomic E-state index is 0.0207. The fourth-order valence-corrected chi connectivity index (χ4v) is 1.49. The number of hydrogen-bond acceptors (Lipinski definition) is 4. The number of nitriles is 1. The molecule has 0 bridgehead atoms. The number of nitrogens with two attached hydrogens (primary N) is 1. The van der Waals surface area contributed by atoms with Gasteiger partial charge in [-0.2, -0.15) is 5.26 Å². The zero-order valence-electron chi connectivity index (χ0n) is 10.3. The highest BCUT2D eigenvalue weighted by molar-refractivity contribution is 5.37. The Kier molecular flexibility index (Phi) is 3.74. The second-order valence-corrected chi connectivity index (χ2v) is 4.07. The highest BCUT2D eigenvalue weighted by atomic mass is 19.1. The minimum atomic E-state index is -0.618. The van der Waals surface area contributed by atoms with Crippen molar-refractivity contribution >= 4 is 0 Å². The standard InChI is InChI=1S/C14H12FN3O/c1-9(17)11-3-5-14(18-8-11)19-12-4-2-10(7-16)13(15)6-12/h2-6,8-9H,17H2,1H3/t9-/m0/s1. The molecule has 0 aliphatic heterocycles. The molecule has 0 saturated carbocycles. The lowest BCUT2D eigenvalue weighted by molar-refractivity contribution is 0.457. The van der Waals surface area contributed by atoms with Gasteiger partial charge in [0, 0.05) is 24.4 Å². The minimum Gasteiger partial charge on any atom is -0.439 e. The Morgan fingerprint density at radius 3 is 2.68 bits per heavy atom. The number of pyridine rings is 1. The fourth-order valence-electron chi connectivity index (χ4n) is 1.49. The Labute approximate surface area is 110 Å². The molecule has 5 heteroatoms. The van der Waals surface area contributed by atoms with Crippen molar-refractivity contribution in [1.29, 1.82) is 5.26 Å². The largest absolute Gasteiger partial charge is 0.439 e. The molecule has 0 spiro atoms. The molecule has 0 amide bonds. The van der Waals surface area contributed by atoms with Gasteiger partial charge in [-0.05, 0) is 24.6 Å². The third-order valence-electron chi connectivity index (χ3n) is 2.57. The number of nitrogens with zero attached hydrogens (tertiary/aromatic N) is 2. The predicted octanol–water partition coefficient (Wildman–Crippen LogP) is 2.90. The first-order valence-electron chi connectivity index (χ1n) is 5.69. The average Bonchev–Trinajstić information content (AvgIpc) is 2.39. The summed E-state index contributed by atoms with van der Waals surface area (Å²) in [5.74, 6) is 0.0123. The maximum absolute atomic E-state index is 13.4. The van der Waals surface area contributed by atoms with E-state index >= 15 is 0 Å². The van der Waals surface area contributed by atoms with Gasteiger partial charge in [0.15, 0.2) is 0 Å². The van der Waals surface area contributed by atoms with Crippen molar-refractivity contribution in [3.63, 3.8) is 0 Å². The Hall–Kier alpha value is -2.45. The summed E-state index contributed by atoms with van der Waals surface area (Å²) in [6, 6.07) is 9.13. The van der Waals surface area contributed by atoms with E-state index in [1.165, 1.54) is 12.1 Å². The first-order chi connectivity index (χ1) is 9.10. The van der Waals surface area contributed by atoms with Gasteiger partial charge < -0.3 is 10.5 Å². The topological polar surface area (TPSA) is 71.9 Å². The third kappa shape index (κ3) is 3.06. The summed E-state index contributed by atoms with van der Waals surface area (Å²) in [6.45, 7) is 1.85. The molecule has 4 nitrogen and oxygen atoms in total. The van der Waals surface area contributed by atoms with Gasteiger partial charge in [0.1, 0.15) is 17.6 Å². The van der Waals surface area contributed by atoms with Crippen LogP contribution in [0.15, 0.2) is 36.5 Å². The lowest BCUT2D eigenvalue weighted by Gasteiger charge is -2.07. The van der Waals surface area contributed by atoms with Crippen LogP contribution in [0.5, 0.6) is 11.6 Å². The Balaban J connectivity index is 2.17. The molecule has 1 aromatic carbocycles. The fraction of sp³-hybridized carbons (Fsp3) is 0.143. The summed E-state index contributed by atoms with van der Waals surface area (Å²) in [5.41, 5.74) is 6.57. The van der Waals surface area contributed by atoms with E-state index in [0.29, 0.717) is 5.88 Å². The van der Waals surface area contributed by atoms with Crippen molar-refractivity contribution in [2.24, 2.45) is 5.73 Å². The van der Waals surface area contributed by atoms with Crippen LogP contribution < -0.4 is 10.5 Å². The SMILES string of the molecule is C[C@H](N)c1ccc(Oc2ccc(C#N)c(F)c2)nc1. The van der Waals surface area contributed by atoms with E-state index in [-0.39, 0.29) is 17.4 Å². The first kappa shape index (κ1) is 13.0. The molecule has 19 heavy (non-hydrogen) atoms. The second-order valence-electron chi connectivity index (χ2n) is 4.07. The van der Waals surface area contributed by atoms with E-state index in [2.05, 4.69) is 4.98 Å². The number of aromatic nitrogens is 1. The van der Waals surface area contributed by atoms with Crippen molar-refractivity contribution < 1.29 is 9.13 Å². The summed E-state index contributed by atoms with van der Waals surface area (Å²) >= 11 is 0. The molecule has 0 radical (unpaired) electrons. The lowest BCUT2D eigenvalue weighted by atomic mass is 10.2. The van der Waals surface area contributed by atoms with Crippen molar-refractivity contribution in [3.05, 3.63) is 53.5 Å². The Morgan fingerprint density at radius 2 is 2.16 bits per heavy atom. The molecule has 2 N–H and O–H groups in total. The molecule has 0 aliphatic rings. The monoisotopic (exact) mass is 257 g/mol. The summed E-state index contributed by atoms with van der Waals surface area (Å²) in [5, 5.41) is 8.63. The van der Waals surface area contributed by atoms with Gasteiger partial charge >= 0.3 is 0 Å². The van der Waals surface area contributed by atoms with Crippen molar-refractivity contribution in [1.82, 2.24) is 4.98 Å². The molecule has 0 aliphatic carbocycles. The van der Waals surface area contributed by atoms with Crippen LogP contribution in [0.25, 0.3) is 0 Å². The van der Waals surface area contributed by atoms with E-state index in [1.54, 1.807) is 24.4 Å². The molecular formula is C14H12FN3O. The van der Waals surface area contributed by atoms with E-state index in [0.717, 1.165) is 11.6 Å². The molecule has 1 atom stereocenters. The number of ether oxygens (including phenoxy) is 1. The molecule has 0 fully saturated rings. The molecule has 0 unspecified atom stereocenters. The normalized spacial score (nSPS) is 11.7. The van der Waals surface area contributed by atoms with Crippen molar-refractivity contribution in [3.8, 4) is 17.7 Å². The van der Waals surface area contributed by atoms with Gasteiger partial charge in [0.25, 0.3) is 0 Å². The highest BCUT2D eigenvalue weighted by Crippen LogP contribution is 2.22. The number of benzene rings is 1. The van der Waals surface area contributed by atoms with Gasteiger partial charge in [0.2, 0.25) is 5.88 Å². The smallest absolute Gasteiger partial charge is 0.219 e. The molecule has 1 heterocycles. The van der Waals surface area contributed by atoms with E-state index in [1.807, 2.05) is 6.92 Å². The number of rotatable bonds is 3. The Morgan fingerprint density at radius 1 is 1.37 bits per heavy atom. The zero-order chi connectivity index (χ0) is 13.8. The highest BCUT2D eigenvalue weighted by Gasteiger charge is 2.06. The third-order valence-corrected chi connectivity index (χ3v) is 2.57. The van der Waals surface area contributed by atoms with E-state index < -0.39 is 5.82 Å². The maximum atomic E-state index is 13.4. The van der Waals surface area contributed by atoms with Crippen LogP contribution in [0, 0.1) is 17.1 Å². The summed E-state index contributed by atoms with van der Waals surface area (Å²) in [7, 11) is 0. The zero-order valence-corrected chi connectivity index (χ0v) is 10.3. The van der Waals surface area contributed by atoms with Crippen molar-refractivity contribution in [2.75, 3.05) is 0 Å². The lowest BCUT2D eigenvalue weighted by Crippen LogP contribution is -2.05. The molecule has 1 aromatic heterocycles. The number of hydrogen-bond donors (Lipinski definition) is 1. The number of halogens is 1. The molecule has 2 aromatic rings. The molecular weight excluding hydrogens is 245 g/mol. The van der Waals surface area contributed by atoms with Crippen LogP contribution in [0.4, 0.5) is 4.39 Å². The van der Waals surface area contributed by atoms with Crippen LogP contribution in [-0.2, 0) is 0 Å². The second kappa shape index (κ2) is 5.46.